The average molecular weight is 449 g/mol. The molecule has 0 spiro atoms. The van der Waals surface area contributed by atoms with E-state index < -0.39 is 0 Å². The number of nitrogens with zero attached hydrogens (tertiary/aromatic N) is 4. The molecule has 0 radical (unpaired) electrons. The van der Waals surface area contributed by atoms with Gasteiger partial charge in [0.2, 0.25) is 5.91 Å². The van der Waals surface area contributed by atoms with E-state index in [0.29, 0.717) is 17.3 Å². The van der Waals surface area contributed by atoms with Crippen molar-refractivity contribution < 1.29 is 4.79 Å². The Morgan fingerprint density at radius 1 is 0.969 bits per heavy atom. The van der Waals surface area contributed by atoms with Crippen molar-refractivity contribution in [3.63, 3.8) is 0 Å². The summed E-state index contributed by atoms with van der Waals surface area (Å²) >= 11 is 6.08. The van der Waals surface area contributed by atoms with Gasteiger partial charge in [0, 0.05) is 60.9 Å². The summed E-state index contributed by atoms with van der Waals surface area (Å²) < 4.78 is 0. The minimum absolute atomic E-state index is 0.248. The molecule has 1 fully saturated rings. The first kappa shape index (κ1) is 22.3. The van der Waals surface area contributed by atoms with Crippen LogP contribution in [-0.4, -0.2) is 47.0 Å². The Labute approximate surface area is 195 Å². The second-order valence-corrected chi connectivity index (χ2v) is 8.66. The molecule has 0 unspecified atom stereocenters. The lowest BCUT2D eigenvalue weighted by molar-refractivity contribution is -0.131. The third-order valence-electron chi connectivity index (χ3n) is 5.91. The first-order chi connectivity index (χ1) is 15.5. The molecule has 1 amide bonds. The number of carbonyl (C=O) groups is 1. The second kappa shape index (κ2) is 10.1. The van der Waals surface area contributed by atoms with Crippen LogP contribution >= 0.6 is 11.6 Å². The molecule has 166 valence electrons. The van der Waals surface area contributed by atoms with Crippen LogP contribution in [0.1, 0.15) is 36.6 Å². The predicted octanol–water partition coefficient (Wildman–Crippen LogP) is 5.14. The van der Waals surface area contributed by atoms with Crippen molar-refractivity contribution in [3.8, 4) is 11.4 Å². The van der Waals surface area contributed by atoms with Gasteiger partial charge >= 0.3 is 0 Å². The Hall–Kier alpha value is -2.92. The van der Waals surface area contributed by atoms with Crippen molar-refractivity contribution in [3.05, 3.63) is 76.4 Å². The normalized spacial score (nSPS) is 14.0. The molecule has 5 nitrogen and oxygen atoms in total. The molecule has 1 aromatic heterocycles. The Balaban J connectivity index is 1.67. The first-order valence-electron chi connectivity index (χ1n) is 11.2. The molecule has 1 aliphatic heterocycles. The third kappa shape index (κ3) is 5.10. The number of aryl methyl sites for hydroxylation is 1. The van der Waals surface area contributed by atoms with Crippen LogP contribution < -0.4 is 4.90 Å². The Morgan fingerprint density at radius 2 is 1.66 bits per heavy atom. The molecule has 2 aromatic carbocycles. The Kier molecular flexibility index (Phi) is 7.05. The minimum atomic E-state index is 0.248. The van der Waals surface area contributed by atoms with E-state index >= 15 is 0 Å². The molecule has 1 saturated heterocycles. The van der Waals surface area contributed by atoms with Gasteiger partial charge in [0.05, 0.1) is 0 Å². The van der Waals surface area contributed by atoms with Crippen molar-refractivity contribution in [1.29, 1.82) is 0 Å². The molecule has 6 heteroatoms. The van der Waals surface area contributed by atoms with Crippen LogP contribution in [0, 0.1) is 6.92 Å². The number of halogens is 1. The van der Waals surface area contributed by atoms with Crippen molar-refractivity contribution in [2.24, 2.45) is 0 Å². The zero-order valence-corrected chi connectivity index (χ0v) is 19.5. The number of benzene rings is 2. The van der Waals surface area contributed by atoms with Gasteiger partial charge in [-0.25, -0.2) is 9.97 Å². The van der Waals surface area contributed by atoms with Gasteiger partial charge < -0.3 is 9.80 Å². The van der Waals surface area contributed by atoms with Crippen LogP contribution in [-0.2, 0) is 11.2 Å². The van der Waals surface area contributed by atoms with E-state index in [0.717, 1.165) is 61.7 Å². The fraction of sp³-hybridized carbons (Fsp3) is 0.346. The topological polar surface area (TPSA) is 49.3 Å². The van der Waals surface area contributed by atoms with E-state index in [-0.39, 0.29) is 5.91 Å². The molecule has 1 aliphatic rings. The number of anilines is 1. The zero-order valence-electron chi connectivity index (χ0n) is 18.7. The first-order valence-corrected chi connectivity index (χ1v) is 11.6. The van der Waals surface area contributed by atoms with Gasteiger partial charge in [-0.15, -0.1) is 0 Å². The quantitative estimate of drug-likeness (QED) is 0.523. The predicted molar refractivity (Wildman–Crippen MR) is 130 cm³/mol. The lowest BCUT2D eigenvalue weighted by Gasteiger charge is -2.36. The molecule has 0 bridgehead atoms. The highest BCUT2D eigenvalue weighted by molar-refractivity contribution is 6.30. The fourth-order valence-electron chi connectivity index (χ4n) is 4.12. The molecule has 0 saturated carbocycles. The van der Waals surface area contributed by atoms with Crippen molar-refractivity contribution in [1.82, 2.24) is 14.9 Å². The monoisotopic (exact) mass is 448 g/mol. The lowest BCUT2D eigenvalue weighted by atomic mass is 10.0. The standard InChI is InChI=1S/C26H29ClN4O/c1-3-7-24(32)30-14-16-31(17-15-30)26-23(18-20-8-5-4-6-9-20)19(2)28-25(29-26)21-10-12-22(27)13-11-21/h4-6,8-13H,3,7,14-18H2,1-2H3. The van der Waals surface area contributed by atoms with Crippen LogP contribution in [0.15, 0.2) is 54.6 Å². The highest BCUT2D eigenvalue weighted by Gasteiger charge is 2.25. The van der Waals surface area contributed by atoms with Crippen LogP contribution in [0.4, 0.5) is 5.82 Å². The Morgan fingerprint density at radius 3 is 2.31 bits per heavy atom. The van der Waals surface area contributed by atoms with E-state index in [9.17, 15) is 4.79 Å². The van der Waals surface area contributed by atoms with Gasteiger partial charge in [-0.1, -0.05) is 48.9 Å². The summed E-state index contributed by atoms with van der Waals surface area (Å²) in [5.41, 5.74) is 4.30. The highest BCUT2D eigenvalue weighted by Crippen LogP contribution is 2.29. The van der Waals surface area contributed by atoms with E-state index in [2.05, 4.69) is 36.1 Å². The molecule has 4 rings (SSSR count). The van der Waals surface area contributed by atoms with Crippen LogP contribution in [0.3, 0.4) is 0 Å². The van der Waals surface area contributed by atoms with E-state index in [1.807, 2.05) is 42.2 Å². The molecular weight excluding hydrogens is 420 g/mol. The van der Waals surface area contributed by atoms with E-state index in [4.69, 9.17) is 21.6 Å². The summed E-state index contributed by atoms with van der Waals surface area (Å²) in [5.74, 6) is 1.92. The van der Waals surface area contributed by atoms with Gasteiger partial charge in [-0.05, 0) is 43.2 Å². The molecule has 2 heterocycles. The van der Waals surface area contributed by atoms with Gasteiger partial charge in [0.25, 0.3) is 0 Å². The van der Waals surface area contributed by atoms with Crippen molar-refractivity contribution in [2.45, 2.75) is 33.1 Å². The number of hydrogen-bond donors (Lipinski definition) is 0. The average Bonchev–Trinajstić information content (AvgIpc) is 2.82. The number of aromatic nitrogens is 2. The number of amides is 1. The van der Waals surface area contributed by atoms with Gasteiger partial charge in [0.15, 0.2) is 5.82 Å². The summed E-state index contributed by atoms with van der Waals surface area (Å²) in [6, 6.07) is 18.1. The van der Waals surface area contributed by atoms with Crippen LogP contribution in [0.5, 0.6) is 0 Å². The van der Waals surface area contributed by atoms with Crippen LogP contribution in [0.25, 0.3) is 11.4 Å². The van der Waals surface area contributed by atoms with Crippen molar-refractivity contribution >= 4 is 23.3 Å². The van der Waals surface area contributed by atoms with Gasteiger partial charge in [0.1, 0.15) is 5.82 Å². The van der Waals surface area contributed by atoms with E-state index in [1.165, 1.54) is 5.56 Å². The number of carbonyl (C=O) groups excluding carboxylic acids is 1. The number of hydrogen-bond acceptors (Lipinski definition) is 4. The zero-order chi connectivity index (χ0) is 22.5. The summed E-state index contributed by atoms with van der Waals surface area (Å²) in [5, 5.41) is 0.694. The summed E-state index contributed by atoms with van der Waals surface area (Å²) in [7, 11) is 0. The Bertz CT molecular complexity index is 1060. The SMILES string of the molecule is CCCC(=O)N1CCN(c2nc(-c3ccc(Cl)cc3)nc(C)c2Cc2ccccc2)CC1. The second-order valence-electron chi connectivity index (χ2n) is 8.22. The summed E-state index contributed by atoms with van der Waals surface area (Å²) in [6.45, 7) is 7.10. The maximum Gasteiger partial charge on any atom is 0.222 e. The van der Waals surface area contributed by atoms with Crippen LogP contribution in [0.2, 0.25) is 5.02 Å². The fourth-order valence-corrected chi connectivity index (χ4v) is 4.24. The van der Waals surface area contributed by atoms with E-state index in [1.54, 1.807) is 0 Å². The van der Waals surface area contributed by atoms with Gasteiger partial charge in [-0.3, -0.25) is 4.79 Å². The molecular formula is C26H29ClN4O. The highest BCUT2D eigenvalue weighted by atomic mass is 35.5. The minimum Gasteiger partial charge on any atom is -0.353 e. The molecule has 0 N–H and O–H groups in total. The van der Waals surface area contributed by atoms with Gasteiger partial charge in [-0.2, -0.15) is 0 Å². The number of rotatable bonds is 6. The smallest absolute Gasteiger partial charge is 0.222 e. The largest absolute Gasteiger partial charge is 0.353 e. The lowest BCUT2D eigenvalue weighted by Crippen LogP contribution is -2.49. The summed E-state index contributed by atoms with van der Waals surface area (Å²) in [4.78, 5) is 26.5. The molecule has 3 aromatic rings. The molecule has 32 heavy (non-hydrogen) atoms. The maximum atomic E-state index is 12.3. The number of piperazine rings is 1. The third-order valence-corrected chi connectivity index (χ3v) is 6.17. The maximum absolute atomic E-state index is 12.3. The summed E-state index contributed by atoms with van der Waals surface area (Å²) in [6.07, 6.45) is 2.28. The molecule has 0 aliphatic carbocycles. The van der Waals surface area contributed by atoms with Crippen molar-refractivity contribution in [2.75, 3.05) is 31.1 Å². The molecule has 0 atom stereocenters.